The third-order valence-electron chi connectivity index (χ3n) is 6.39. The fourth-order valence-electron chi connectivity index (χ4n) is 4.38. The van der Waals surface area contributed by atoms with E-state index in [1.807, 2.05) is 13.0 Å². The molecule has 2 aromatic carbocycles. The molecule has 2 heterocycles. The molecule has 0 bridgehead atoms. The second-order valence-corrected chi connectivity index (χ2v) is 8.27. The van der Waals surface area contributed by atoms with Crippen LogP contribution in [0, 0.1) is 13.8 Å². The van der Waals surface area contributed by atoms with Crippen molar-refractivity contribution in [2.24, 2.45) is 0 Å². The van der Waals surface area contributed by atoms with Crippen molar-refractivity contribution in [3.63, 3.8) is 0 Å². The van der Waals surface area contributed by atoms with Gasteiger partial charge >= 0.3 is 5.63 Å². The zero-order valence-corrected chi connectivity index (χ0v) is 17.2. The predicted octanol–water partition coefficient (Wildman–Crippen LogP) is 1.43. The van der Waals surface area contributed by atoms with Crippen LogP contribution in [0.25, 0.3) is 11.0 Å². The summed E-state index contributed by atoms with van der Waals surface area (Å²) in [4.78, 5) is 13.8. The van der Waals surface area contributed by atoms with Gasteiger partial charge in [0.1, 0.15) is 18.8 Å². The topological polar surface area (TPSA) is 71.5 Å². The Morgan fingerprint density at radius 1 is 1.07 bits per heavy atom. The molecule has 4 N–H and O–H groups in total. The van der Waals surface area contributed by atoms with Gasteiger partial charge in [0.25, 0.3) is 0 Å². The predicted molar refractivity (Wildman–Crippen MR) is 113 cm³/mol. The molecule has 1 aliphatic rings. The van der Waals surface area contributed by atoms with Crippen LogP contribution in [0.2, 0.25) is 0 Å². The van der Waals surface area contributed by atoms with Crippen molar-refractivity contribution in [3.05, 3.63) is 75.1 Å². The number of likely N-dealkylation sites (tertiary alicyclic amines) is 1. The summed E-state index contributed by atoms with van der Waals surface area (Å²) in [6.07, 6.45) is 2.30. The molecule has 5 heteroatoms. The lowest BCUT2D eigenvalue weighted by Gasteiger charge is -2.28. The number of hydrogen-bond donors (Lipinski definition) is 3. The zero-order chi connectivity index (χ0) is 20.4. The summed E-state index contributed by atoms with van der Waals surface area (Å²) in [5.74, 6) is 0.201. The highest BCUT2D eigenvalue weighted by Gasteiger charge is 2.25. The van der Waals surface area contributed by atoms with Gasteiger partial charge in [0.2, 0.25) is 0 Å². The third kappa shape index (κ3) is 4.21. The minimum absolute atomic E-state index is 0.201. The van der Waals surface area contributed by atoms with Gasteiger partial charge in [-0.2, -0.15) is 0 Å². The summed E-state index contributed by atoms with van der Waals surface area (Å²) >= 11 is 0. The molecule has 0 atom stereocenters. The molecule has 1 fully saturated rings. The molecular weight excluding hydrogens is 364 g/mol. The molecule has 0 aliphatic carbocycles. The number of phenols is 1. The number of nitrogens with one attached hydrogen (secondary N) is 1. The number of nitrogens with two attached hydrogens (primary N) is 1. The Balaban J connectivity index is 1.42. The van der Waals surface area contributed by atoms with E-state index in [2.05, 4.69) is 35.6 Å². The van der Waals surface area contributed by atoms with Crippen LogP contribution >= 0.6 is 0 Å². The van der Waals surface area contributed by atoms with E-state index in [1.54, 1.807) is 17.9 Å². The molecule has 0 unspecified atom stereocenters. The molecule has 152 valence electrons. The standard InChI is InChI=1S/C24H28N2O3/c1-16-17(2)24(28)29-23-20(16)8-9-22(27)21(23)14-25-19-10-12-26(13-11-19)15-18-6-4-3-5-7-18/h3-9,19,25,27H,10-15H2,1-2H3/p+2. The Hall–Kier alpha value is -2.63. The maximum Gasteiger partial charge on any atom is 0.339 e. The van der Waals surface area contributed by atoms with Gasteiger partial charge in [-0.15, -0.1) is 0 Å². The molecule has 0 radical (unpaired) electrons. The Bertz CT molecular complexity index is 1050. The largest absolute Gasteiger partial charge is 0.507 e. The SMILES string of the molecule is Cc1c(C)c2ccc(O)c(C[NH2+]C3CC[NH+](Cc4ccccc4)CC3)c2oc1=O. The average molecular weight is 395 g/mol. The highest BCUT2D eigenvalue weighted by atomic mass is 16.4. The minimum Gasteiger partial charge on any atom is -0.507 e. The monoisotopic (exact) mass is 394 g/mol. The van der Waals surface area contributed by atoms with Gasteiger partial charge in [0, 0.05) is 29.4 Å². The van der Waals surface area contributed by atoms with Crippen molar-refractivity contribution in [1.82, 2.24) is 0 Å². The van der Waals surface area contributed by atoms with E-state index >= 15 is 0 Å². The smallest absolute Gasteiger partial charge is 0.339 e. The summed E-state index contributed by atoms with van der Waals surface area (Å²) in [7, 11) is 0. The van der Waals surface area contributed by atoms with Crippen LogP contribution in [-0.2, 0) is 13.1 Å². The summed E-state index contributed by atoms with van der Waals surface area (Å²) in [6.45, 7) is 7.74. The lowest BCUT2D eigenvalue weighted by Crippen LogP contribution is -3.13. The van der Waals surface area contributed by atoms with Crippen LogP contribution in [-0.4, -0.2) is 24.2 Å². The van der Waals surface area contributed by atoms with Gasteiger partial charge in [0.05, 0.1) is 24.7 Å². The summed E-state index contributed by atoms with van der Waals surface area (Å²) in [5.41, 5.74) is 3.89. The highest BCUT2D eigenvalue weighted by molar-refractivity contribution is 5.85. The summed E-state index contributed by atoms with van der Waals surface area (Å²) < 4.78 is 5.57. The molecule has 3 aromatic rings. The summed E-state index contributed by atoms with van der Waals surface area (Å²) in [5, 5.41) is 13.6. The number of quaternary nitrogens is 2. The molecule has 5 nitrogen and oxygen atoms in total. The zero-order valence-electron chi connectivity index (χ0n) is 17.2. The summed E-state index contributed by atoms with van der Waals surface area (Å²) in [6, 6.07) is 14.8. The minimum atomic E-state index is -0.320. The normalized spacial score (nSPS) is 19.5. The van der Waals surface area contributed by atoms with E-state index in [9.17, 15) is 9.90 Å². The number of benzene rings is 2. The first-order valence-electron chi connectivity index (χ1n) is 10.5. The Labute approximate surface area is 171 Å². The number of rotatable bonds is 5. The number of fused-ring (bicyclic) bond motifs is 1. The van der Waals surface area contributed by atoms with E-state index in [0.717, 1.165) is 49.0 Å². The average Bonchev–Trinajstić information content (AvgIpc) is 2.73. The first-order chi connectivity index (χ1) is 14.0. The number of aryl methyl sites for hydroxylation is 1. The van der Waals surface area contributed by atoms with Crippen LogP contribution in [0.5, 0.6) is 5.75 Å². The van der Waals surface area contributed by atoms with Crippen molar-refractivity contribution in [2.45, 2.75) is 45.8 Å². The van der Waals surface area contributed by atoms with Crippen LogP contribution in [0.1, 0.15) is 35.1 Å². The third-order valence-corrected chi connectivity index (χ3v) is 6.39. The maximum absolute atomic E-state index is 12.1. The van der Waals surface area contributed by atoms with Gasteiger partial charge in [-0.1, -0.05) is 30.3 Å². The van der Waals surface area contributed by atoms with E-state index in [0.29, 0.717) is 23.7 Å². The van der Waals surface area contributed by atoms with Crippen molar-refractivity contribution in [1.29, 1.82) is 0 Å². The van der Waals surface area contributed by atoms with Gasteiger partial charge in [0.15, 0.2) is 5.58 Å². The molecule has 1 aromatic heterocycles. The lowest BCUT2D eigenvalue weighted by molar-refractivity contribution is -0.926. The van der Waals surface area contributed by atoms with Crippen molar-refractivity contribution < 1.29 is 19.7 Å². The molecule has 0 amide bonds. The quantitative estimate of drug-likeness (QED) is 0.574. The highest BCUT2D eigenvalue weighted by Crippen LogP contribution is 2.28. The number of hydrogen-bond acceptors (Lipinski definition) is 3. The van der Waals surface area contributed by atoms with Gasteiger partial charge in [-0.05, 0) is 31.5 Å². The maximum atomic E-state index is 12.1. The van der Waals surface area contributed by atoms with Gasteiger partial charge in [-0.3, -0.25) is 0 Å². The Morgan fingerprint density at radius 2 is 1.79 bits per heavy atom. The molecule has 29 heavy (non-hydrogen) atoms. The van der Waals surface area contributed by atoms with Gasteiger partial charge in [-0.25, -0.2) is 4.79 Å². The second kappa shape index (κ2) is 8.39. The fraction of sp³-hybridized carbons (Fsp3) is 0.375. The molecule has 1 saturated heterocycles. The number of piperidine rings is 1. The first kappa shape index (κ1) is 19.7. The lowest BCUT2D eigenvalue weighted by atomic mass is 10.0. The molecule has 0 spiro atoms. The molecule has 0 saturated carbocycles. The van der Waals surface area contributed by atoms with E-state index in [4.69, 9.17) is 4.42 Å². The Kier molecular flexibility index (Phi) is 5.69. The Morgan fingerprint density at radius 3 is 2.52 bits per heavy atom. The van der Waals surface area contributed by atoms with Crippen LogP contribution in [0.3, 0.4) is 0 Å². The van der Waals surface area contributed by atoms with Crippen molar-refractivity contribution >= 4 is 11.0 Å². The second-order valence-electron chi connectivity index (χ2n) is 8.27. The van der Waals surface area contributed by atoms with Crippen molar-refractivity contribution in [3.8, 4) is 5.75 Å². The molecular formula is C24H30N2O3+2. The van der Waals surface area contributed by atoms with Gasteiger partial charge < -0.3 is 19.7 Å². The van der Waals surface area contributed by atoms with Crippen LogP contribution in [0.4, 0.5) is 0 Å². The van der Waals surface area contributed by atoms with Crippen LogP contribution < -0.4 is 15.8 Å². The fourth-order valence-corrected chi connectivity index (χ4v) is 4.38. The van der Waals surface area contributed by atoms with E-state index < -0.39 is 0 Å². The number of phenolic OH excluding ortho intramolecular Hbond substituents is 1. The van der Waals surface area contributed by atoms with E-state index in [1.165, 1.54) is 5.56 Å². The molecule has 4 rings (SSSR count). The van der Waals surface area contributed by atoms with Crippen LogP contribution in [0.15, 0.2) is 51.7 Å². The molecule has 1 aliphatic heterocycles. The van der Waals surface area contributed by atoms with E-state index in [-0.39, 0.29) is 11.4 Å². The number of aromatic hydroxyl groups is 1. The van der Waals surface area contributed by atoms with Crippen molar-refractivity contribution in [2.75, 3.05) is 13.1 Å². The first-order valence-corrected chi connectivity index (χ1v) is 10.5.